The van der Waals surface area contributed by atoms with Crippen molar-refractivity contribution in [3.05, 3.63) is 47.3 Å². The first-order valence-electron chi connectivity index (χ1n) is 9.46. The van der Waals surface area contributed by atoms with Crippen LogP contribution in [-0.2, 0) is 21.6 Å². The van der Waals surface area contributed by atoms with E-state index in [1.807, 2.05) is 24.3 Å². The van der Waals surface area contributed by atoms with Crippen molar-refractivity contribution in [2.24, 2.45) is 0 Å². The van der Waals surface area contributed by atoms with Crippen LogP contribution in [-0.4, -0.2) is 35.5 Å². The molecular formula is C20H24N4O4. The molecule has 0 bridgehead atoms. The second-order valence-corrected chi connectivity index (χ2v) is 7.37. The number of methoxy groups -OCH3 is 1. The molecule has 1 saturated heterocycles. The van der Waals surface area contributed by atoms with Gasteiger partial charge in [-0.15, -0.1) is 0 Å². The zero-order chi connectivity index (χ0) is 19.7. The molecule has 2 aliphatic rings. The standard InChI is InChI=1S/C20H24N4O4/c1-20(8-10-28-20)13-5-3-6-14(11-13)21-19(26)22-15-7-4-9-24-17(15)12-16(23-24)18(25)27-2/h3,5-6,11-12,15H,4,7-10H2,1-2H3,(H2,21,22,26). The molecule has 148 valence electrons. The molecule has 8 heteroatoms. The third-order valence-corrected chi connectivity index (χ3v) is 5.46. The van der Waals surface area contributed by atoms with E-state index in [9.17, 15) is 9.59 Å². The zero-order valence-corrected chi connectivity index (χ0v) is 16.0. The molecule has 1 aromatic carbocycles. The number of amides is 2. The summed E-state index contributed by atoms with van der Waals surface area (Å²) in [6.07, 6.45) is 2.62. The van der Waals surface area contributed by atoms with Gasteiger partial charge < -0.3 is 20.1 Å². The van der Waals surface area contributed by atoms with Crippen LogP contribution in [0, 0.1) is 0 Å². The zero-order valence-electron chi connectivity index (χ0n) is 16.0. The molecule has 2 atom stereocenters. The van der Waals surface area contributed by atoms with E-state index in [2.05, 4.69) is 22.7 Å². The Morgan fingerprint density at radius 2 is 2.18 bits per heavy atom. The maximum Gasteiger partial charge on any atom is 0.358 e. The fourth-order valence-electron chi connectivity index (χ4n) is 3.72. The van der Waals surface area contributed by atoms with E-state index in [0.29, 0.717) is 12.2 Å². The molecule has 3 heterocycles. The van der Waals surface area contributed by atoms with Gasteiger partial charge in [-0.05, 0) is 43.5 Å². The Balaban J connectivity index is 1.45. The highest BCUT2D eigenvalue weighted by molar-refractivity contribution is 5.90. The predicted octanol–water partition coefficient (Wildman–Crippen LogP) is 2.96. The fraction of sp³-hybridized carbons (Fsp3) is 0.450. The van der Waals surface area contributed by atoms with E-state index in [1.165, 1.54) is 7.11 Å². The summed E-state index contributed by atoms with van der Waals surface area (Å²) in [6.45, 7) is 3.53. The minimum absolute atomic E-state index is 0.213. The van der Waals surface area contributed by atoms with E-state index in [4.69, 9.17) is 9.47 Å². The minimum Gasteiger partial charge on any atom is -0.464 e. The van der Waals surface area contributed by atoms with Crippen LogP contribution in [0.2, 0.25) is 0 Å². The monoisotopic (exact) mass is 384 g/mol. The van der Waals surface area contributed by atoms with E-state index in [1.54, 1.807) is 10.7 Å². The summed E-state index contributed by atoms with van der Waals surface area (Å²) in [6, 6.07) is 8.90. The van der Waals surface area contributed by atoms with Crippen LogP contribution < -0.4 is 10.6 Å². The molecule has 2 aromatic rings. The number of esters is 1. The number of benzene rings is 1. The van der Waals surface area contributed by atoms with Crippen molar-refractivity contribution in [2.75, 3.05) is 19.0 Å². The van der Waals surface area contributed by atoms with E-state index in [0.717, 1.165) is 37.1 Å². The van der Waals surface area contributed by atoms with Gasteiger partial charge in [-0.3, -0.25) is 4.68 Å². The number of nitrogens with one attached hydrogen (secondary N) is 2. The van der Waals surface area contributed by atoms with Gasteiger partial charge in [0.1, 0.15) is 0 Å². The summed E-state index contributed by atoms with van der Waals surface area (Å²) in [5, 5.41) is 10.2. The van der Waals surface area contributed by atoms with Crippen molar-refractivity contribution in [1.29, 1.82) is 0 Å². The number of hydrogen-bond donors (Lipinski definition) is 2. The number of ether oxygens (including phenoxy) is 2. The average Bonchev–Trinajstić information content (AvgIpc) is 3.11. The number of fused-ring (bicyclic) bond motifs is 1. The Morgan fingerprint density at radius 3 is 2.89 bits per heavy atom. The molecule has 2 N–H and O–H groups in total. The summed E-state index contributed by atoms with van der Waals surface area (Å²) in [5.41, 5.74) is 2.56. The molecule has 0 aliphatic carbocycles. The van der Waals surface area contributed by atoms with Crippen LogP contribution in [0.1, 0.15) is 54.0 Å². The van der Waals surface area contributed by atoms with Crippen LogP contribution in [0.3, 0.4) is 0 Å². The van der Waals surface area contributed by atoms with Crippen LogP contribution in [0.15, 0.2) is 30.3 Å². The van der Waals surface area contributed by atoms with Crippen LogP contribution in [0.25, 0.3) is 0 Å². The van der Waals surface area contributed by atoms with Crippen LogP contribution in [0.5, 0.6) is 0 Å². The molecule has 28 heavy (non-hydrogen) atoms. The first-order valence-corrected chi connectivity index (χ1v) is 9.46. The third kappa shape index (κ3) is 3.47. The number of aryl methyl sites for hydroxylation is 1. The SMILES string of the molecule is COC(=O)c1cc2n(n1)CCCC2NC(=O)Nc1cccc(C2(C)CCO2)c1. The number of anilines is 1. The van der Waals surface area contributed by atoms with Crippen molar-refractivity contribution in [3.63, 3.8) is 0 Å². The Morgan fingerprint density at radius 1 is 1.36 bits per heavy atom. The number of carbonyl (C=O) groups excluding carboxylic acids is 2. The van der Waals surface area contributed by atoms with Crippen molar-refractivity contribution >= 4 is 17.7 Å². The Kier molecular flexibility index (Phi) is 4.80. The summed E-state index contributed by atoms with van der Waals surface area (Å²) < 4.78 is 12.2. The van der Waals surface area contributed by atoms with Gasteiger partial charge in [0.2, 0.25) is 0 Å². The van der Waals surface area contributed by atoms with Gasteiger partial charge in [0.05, 0.1) is 31.1 Å². The Hall–Kier alpha value is -2.87. The summed E-state index contributed by atoms with van der Waals surface area (Å²) >= 11 is 0. The number of rotatable bonds is 4. The molecule has 1 fully saturated rings. The largest absolute Gasteiger partial charge is 0.464 e. The van der Waals surface area contributed by atoms with Gasteiger partial charge in [0.15, 0.2) is 5.69 Å². The molecule has 2 unspecified atom stereocenters. The first kappa shape index (κ1) is 18.5. The molecule has 4 rings (SSSR count). The van der Waals surface area contributed by atoms with Crippen LogP contribution in [0.4, 0.5) is 10.5 Å². The molecule has 0 saturated carbocycles. The van der Waals surface area contributed by atoms with E-state index in [-0.39, 0.29) is 23.4 Å². The molecule has 0 spiro atoms. The number of urea groups is 1. The maximum atomic E-state index is 12.6. The van der Waals surface area contributed by atoms with E-state index < -0.39 is 5.97 Å². The second kappa shape index (κ2) is 7.27. The molecule has 2 amide bonds. The highest BCUT2D eigenvalue weighted by Gasteiger charge is 2.35. The molecule has 8 nitrogen and oxygen atoms in total. The summed E-state index contributed by atoms with van der Waals surface area (Å²) in [5.74, 6) is -0.478. The summed E-state index contributed by atoms with van der Waals surface area (Å²) in [4.78, 5) is 24.3. The normalized spacial score (nSPS) is 23.3. The highest BCUT2D eigenvalue weighted by atomic mass is 16.5. The Labute approximate surface area is 163 Å². The molecular weight excluding hydrogens is 360 g/mol. The lowest BCUT2D eigenvalue weighted by Gasteiger charge is -2.39. The predicted molar refractivity (Wildman–Crippen MR) is 102 cm³/mol. The fourth-order valence-corrected chi connectivity index (χ4v) is 3.72. The minimum atomic E-state index is -0.478. The average molecular weight is 384 g/mol. The number of nitrogens with zero attached hydrogens (tertiary/aromatic N) is 2. The molecule has 0 radical (unpaired) electrons. The quantitative estimate of drug-likeness (QED) is 0.791. The van der Waals surface area contributed by atoms with Gasteiger partial charge >= 0.3 is 12.0 Å². The van der Waals surface area contributed by atoms with Crippen molar-refractivity contribution in [1.82, 2.24) is 15.1 Å². The number of carbonyl (C=O) groups is 2. The highest BCUT2D eigenvalue weighted by Crippen LogP contribution is 2.37. The second-order valence-electron chi connectivity index (χ2n) is 7.37. The molecule has 2 aliphatic heterocycles. The van der Waals surface area contributed by atoms with Gasteiger partial charge in [-0.25, -0.2) is 9.59 Å². The van der Waals surface area contributed by atoms with Gasteiger partial charge in [-0.1, -0.05) is 12.1 Å². The van der Waals surface area contributed by atoms with Gasteiger partial charge in [-0.2, -0.15) is 5.10 Å². The third-order valence-electron chi connectivity index (χ3n) is 5.46. The smallest absolute Gasteiger partial charge is 0.358 e. The maximum absolute atomic E-state index is 12.6. The lowest BCUT2D eigenvalue weighted by molar-refractivity contribution is -0.140. The van der Waals surface area contributed by atoms with E-state index >= 15 is 0 Å². The first-order chi connectivity index (χ1) is 13.5. The van der Waals surface area contributed by atoms with Crippen molar-refractivity contribution < 1.29 is 19.1 Å². The van der Waals surface area contributed by atoms with Crippen molar-refractivity contribution in [2.45, 2.75) is 44.4 Å². The van der Waals surface area contributed by atoms with Gasteiger partial charge in [0.25, 0.3) is 0 Å². The summed E-state index contributed by atoms with van der Waals surface area (Å²) in [7, 11) is 1.33. The number of hydrogen-bond acceptors (Lipinski definition) is 5. The number of aromatic nitrogens is 2. The lowest BCUT2D eigenvalue weighted by Crippen LogP contribution is -2.38. The van der Waals surface area contributed by atoms with Gasteiger partial charge in [0, 0.05) is 18.7 Å². The molecule has 1 aromatic heterocycles. The topological polar surface area (TPSA) is 94.5 Å². The lowest BCUT2D eigenvalue weighted by atomic mass is 9.88. The van der Waals surface area contributed by atoms with Crippen LogP contribution >= 0.6 is 0 Å². The Bertz CT molecular complexity index is 903. The van der Waals surface area contributed by atoms with Crippen molar-refractivity contribution in [3.8, 4) is 0 Å².